The van der Waals surface area contributed by atoms with Gasteiger partial charge in [-0.3, -0.25) is 0 Å². The Labute approximate surface area is 108 Å². The number of benzene rings is 2. The van der Waals surface area contributed by atoms with Gasteiger partial charge in [0, 0.05) is 5.41 Å². The van der Waals surface area contributed by atoms with Crippen molar-refractivity contribution >= 4 is 0 Å². The van der Waals surface area contributed by atoms with E-state index in [9.17, 15) is 0 Å². The van der Waals surface area contributed by atoms with Crippen LogP contribution >= 0.6 is 0 Å². The standard InChI is InChI=1S/C18H16/c1-4-13(2)18(3)16-11-7-5-9-14(16)15-10-6-8-12-17(15)18/h4-12H,1-2H2,3H3. The third-order valence-corrected chi connectivity index (χ3v) is 4.11. The molecule has 0 N–H and O–H groups in total. The molecule has 0 amide bonds. The zero-order valence-electron chi connectivity index (χ0n) is 10.6. The zero-order chi connectivity index (χ0) is 12.8. The Morgan fingerprint density at radius 1 is 0.944 bits per heavy atom. The molecule has 0 unspecified atom stereocenters. The van der Waals surface area contributed by atoms with Gasteiger partial charge in [0.1, 0.15) is 0 Å². The average molecular weight is 232 g/mol. The van der Waals surface area contributed by atoms with E-state index >= 15 is 0 Å². The smallest absolute Gasteiger partial charge is 0.0429 e. The summed E-state index contributed by atoms with van der Waals surface area (Å²) in [7, 11) is 0. The van der Waals surface area contributed by atoms with Crippen LogP contribution in [0.3, 0.4) is 0 Å². The Balaban J connectivity index is 2.40. The third-order valence-electron chi connectivity index (χ3n) is 4.11. The van der Waals surface area contributed by atoms with E-state index < -0.39 is 0 Å². The molecular weight excluding hydrogens is 216 g/mol. The highest BCUT2D eigenvalue weighted by atomic mass is 14.4. The first-order valence-corrected chi connectivity index (χ1v) is 6.21. The van der Waals surface area contributed by atoms with Crippen molar-refractivity contribution in [3.63, 3.8) is 0 Å². The Morgan fingerprint density at radius 3 is 1.83 bits per heavy atom. The molecule has 0 saturated carbocycles. The summed E-state index contributed by atoms with van der Waals surface area (Å²) in [6, 6.07) is 17.2. The lowest BCUT2D eigenvalue weighted by Crippen LogP contribution is -2.21. The number of hydrogen-bond donors (Lipinski definition) is 0. The summed E-state index contributed by atoms with van der Waals surface area (Å²) in [5, 5.41) is 0. The van der Waals surface area contributed by atoms with Crippen molar-refractivity contribution in [1.82, 2.24) is 0 Å². The number of allylic oxidation sites excluding steroid dienone is 2. The monoisotopic (exact) mass is 232 g/mol. The van der Waals surface area contributed by atoms with Gasteiger partial charge >= 0.3 is 0 Å². The topological polar surface area (TPSA) is 0 Å². The molecule has 0 fully saturated rings. The molecule has 0 aliphatic heterocycles. The number of hydrogen-bond acceptors (Lipinski definition) is 0. The molecule has 1 aliphatic carbocycles. The molecule has 0 heteroatoms. The van der Waals surface area contributed by atoms with Crippen LogP contribution < -0.4 is 0 Å². The van der Waals surface area contributed by atoms with Gasteiger partial charge in [-0.25, -0.2) is 0 Å². The third kappa shape index (κ3) is 1.20. The molecule has 0 spiro atoms. The summed E-state index contributed by atoms with van der Waals surface area (Å²) in [6.45, 7) is 10.3. The first kappa shape index (κ1) is 11.0. The Morgan fingerprint density at radius 2 is 1.39 bits per heavy atom. The molecule has 0 heterocycles. The minimum atomic E-state index is -0.144. The molecule has 0 saturated heterocycles. The summed E-state index contributed by atoms with van der Waals surface area (Å²) < 4.78 is 0. The van der Waals surface area contributed by atoms with Crippen LogP contribution in [0.5, 0.6) is 0 Å². The lowest BCUT2D eigenvalue weighted by molar-refractivity contribution is 0.715. The molecule has 1 aliphatic rings. The molecule has 2 aromatic rings. The molecule has 0 nitrogen and oxygen atoms in total. The van der Waals surface area contributed by atoms with Crippen molar-refractivity contribution in [2.24, 2.45) is 0 Å². The van der Waals surface area contributed by atoms with Crippen molar-refractivity contribution in [3.05, 3.63) is 84.5 Å². The van der Waals surface area contributed by atoms with Crippen LogP contribution in [0.4, 0.5) is 0 Å². The fourth-order valence-electron chi connectivity index (χ4n) is 3.00. The predicted molar refractivity (Wildman–Crippen MR) is 77.7 cm³/mol. The van der Waals surface area contributed by atoms with Gasteiger partial charge in [-0.15, -0.1) is 0 Å². The normalized spacial score (nSPS) is 14.7. The van der Waals surface area contributed by atoms with Gasteiger partial charge in [0.15, 0.2) is 0 Å². The Kier molecular flexibility index (Phi) is 2.27. The van der Waals surface area contributed by atoms with Gasteiger partial charge in [-0.1, -0.05) is 67.8 Å². The summed E-state index contributed by atoms with van der Waals surface area (Å²) in [5.74, 6) is 0. The molecule has 0 atom stereocenters. The van der Waals surface area contributed by atoms with Gasteiger partial charge in [0.05, 0.1) is 0 Å². The maximum atomic E-state index is 4.21. The molecule has 88 valence electrons. The molecule has 3 rings (SSSR count). The number of rotatable bonds is 2. The minimum Gasteiger partial charge on any atom is -0.0988 e. The van der Waals surface area contributed by atoms with Crippen LogP contribution in [0.25, 0.3) is 11.1 Å². The van der Waals surface area contributed by atoms with Crippen LogP contribution in [-0.4, -0.2) is 0 Å². The van der Waals surface area contributed by atoms with Crippen LogP contribution in [0.1, 0.15) is 18.1 Å². The van der Waals surface area contributed by atoms with Gasteiger partial charge < -0.3 is 0 Å². The largest absolute Gasteiger partial charge is 0.0988 e. The van der Waals surface area contributed by atoms with E-state index in [1.54, 1.807) is 0 Å². The van der Waals surface area contributed by atoms with E-state index in [0.29, 0.717) is 0 Å². The fraction of sp³-hybridized carbons (Fsp3) is 0.111. The van der Waals surface area contributed by atoms with Crippen molar-refractivity contribution in [1.29, 1.82) is 0 Å². The van der Waals surface area contributed by atoms with Crippen molar-refractivity contribution in [2.45, 2.75) is 12.3 Å². The van der Waals surface area contributed by atoms with Crippen LogP contribution in [0, 0.1) is 0 Å². The molecule has 0 bridgehead atoms. The van der Waals surface area contributed by atoms with Gasteiger partial charge in [-0.2, -0.15) is 0 Å². The van der Waals surface area contributed by atoms with E-state index in [-0.39, 0.29) is 5.41 Å². The average Bonchev–Trinajstić information content (AvgIpc) is 2.70. The Bertz CT molecular complexity index is 601. The fourth-order valence-corrected chi connectivity index (χ4v) is 3.00. The highest BCUT2D eigenvalue weighted by Crippen LogP contribution is 2.51. The van der Waals surface area contributed by atoms with Crippen LogP contribution in [0.15, 0.2) is 73.3 Å². The maximum Gasteiger partial charge on any atom is 0.0429 e. The minimum absolute atomic E-state index is 0.144. The van der Waals surface area contributed by atoms with Gasteiger partial charge in [0.25, 0.3) is 0 Å². The summed E-state index contributed by atoms with van der Waals surface area (Å²) in [4.78, 5) is 0. The molecule has 0 aromatic heterocycles. The maximum absolute atomic E-state index is 4.21. The van der Waals surface area contributed by atoms with Gasteiger partial charge in [-0.05, 0) is 34.8 Å². The number of fused-ring (bicyclic) bond motifs is 3. The highest BCUT2D eigenvalue weighted by molar-refractivity contribution is 5.83. The van der Waals surface area contributed by atoms with E-state index in [0.717, 1.165) is 5.57 Å². The van der Waals surface area contributed by atoms with E-state index in [1.807, 2.05) is 6.08 Å². The quantitative estimate of drug-likeness (QED) is 0.657. The summed E-state index contributed by atoms with van der Waals surface area (Å²) in [5.41, 5.74) is 6.21. The Hall–Kier alpha value is -2.08. The van der Waals surface area contributed by atoms with E-state index in [1.165, 1.54) is 22.3 Å². The second kappa shape index (κ2) is 3.71. The molecular formula is C18H16. The second-order valence-electron chi connectivity index (χ2n) is 4.95. The lowest BCUT2D eigenvalue weighted by atomic mass is 9.74. The van der Waals surface area contributed by atoms with Crippen LogP contribution in [-0.2, 0) is 5.41 Å². The zero-order valence-corrected chi connectivity index (χ0v) is 10.6. The second-order valence-corrected chi connectivity index (χ2v) is 4.95. The van der Waals surface area contributed by atoms with Gasteiger partial charge in [0.2, 0.25) is 0 Å². The molecule has 2 aromatic carbocycles. The molecule has 18 heavy (non-hydrogen) atoms. The molecule has 0 radical (unpaired) electrons. The van der Waals surface area contributed by atoms with Crippen molar-refractivity contribution in [3.8, 4) is 11.1 Å². The predicted octanol–water partition coefficient (Wildman–Crippen LogP) is 4.72. The first-order chi connectivity index (χ1) is 8.69. The first-order valence-electron chi connectivity index (χ1n) is 6.21. The van der Waals surface area contributed by atoms with E-state index in [2.05, 4.69) is 68.6 Å². The summed E-state index contributed by atoms with van der Waals surface area (Å²) in [6.07, 6.45) is 1.87. The van der Waals surface area contributed by atoms with Crippen molar-refractivity contribution < 1.29 is 0 Å². The van der Waals surface area contributed by atoms with Crippen molar-refractivity contribution in [2.75, 3.05) is 0 Å². The summed E-state index contributed by atoms with van der Waals surface area (Å²) >= 11 is 0. The SMILES string of the molecule is C=CC(=C)C1(C)c2ccccc2-c2ccccc21. The lowest BCUT2D eigenvalue weighted by Gasteiger charge is -2.28. The highest BCUT2D eigenvalue weighted by Gasteiger charge is 2.39. The van der Waals surface area contributed by atoms with E-state index in [4.69, 9.17) is 0 Å². The van der Waals surface area contributed by atoms with Crippen LogP contribution in [0.2, 0.25) is 0 Å².